The molecule has 0 fully saturated rings. The van der Waals surface area contributed by atoms with Crippen LogP contribution in [0.5, 0.6) is 5.75 Å². The molecule has 4 rings (SSSR count). The fourth-order valence-electron chi connectivity index (χ4n) is 3.46. The number of nitrogens with one attached hydrogen (secondary N) is 1. The number of rotatable bonds is 8. The summed E-state index contributed by atoms with van der Waals surface area (Å²) in [6, 6.07) is 24.9. The van der Waals surface area contributed by atoms with Crippen LogP contribution in [0, 0.1) is 10.1 Å². The summed E-state index contributed by atoms with van der Waals surface area (Å²) in [6.07, 6.45) is 3.96. The van der Waals surface area contributed by atoms with Gasteiger partial charge in [-0.15, -0.1) is 0 Å². The Balaban J connectivity index is 1.39. The predicted molar refractivity (Wildman–Crippen MR) is 126 cm³/mol. The molecule has 1 N–H and O–H groups in total. The molecule has 4 aromatic rings. The van der Waals surface area contributed by atoms with Gasteiger partial charge in [-0.2, -0.15) is 0 Å². The molecule has 0 bridgehead atoms. The zero-order valence-electron chi connectivity index (χ0n) is 18.0. The lowest BCUT2D eigenvalue weighted by Gasteiger charge is -2.16. The lowest BCUT2D eigenvalue weighted by atomic mass is 10.1. The maximum atomic E-state index is 12.8. The molecule has 0 aliphatic heterocycles. The van der Waals surface area contributed by atoms with Gasteiger partial charge in [0.15, 0.2) is 0 Å². The molecule has 166 valence electrons. The van der Waals surface area contributed by atoms with Crippen LogP contribution >= 0.6 is 0 Å². The lowest BCUT2D eigenvalue weighted by molar-refractivity contribution is -0.384. The van der Waals surface area contributed by atoms with Gasteiger partial charge in [-0.1, -0.05) is 24.3 Å². The van der Waals surface area contributed by atoms with Crippen molar-refractivity contribution in [2.75, 3.05) is 0 Å². The maximum absolute atomic E-state index is 12.8. The number of amides is 1. The van der Waals surface area contributed by atoms with Gasteiger partial charge in [0.05, 0.1) is 11.0 Å². The third kappa shape index (κ3) is 5.46. The van der Waals surface area contributed by atoms with Crippen molar-refractivity contribution in [2.24, 2.45) is 0 Å². The van der Waals surface area contributed by atoms with E-state index in [1.54, 1.807) is 30.3 Å². The van der Waals surface area contributed by atoms with Crippen molar-refractivity contribution in [2.45, 2.75) is 19.6 Å². The van der Waals surface area contributed by atoms with Gasteiger partial charge >= 0.3 is 0 Å². The van der Waals surface area contributed by atoms with Gasteiger partial charge in [0, 0.05) is 35.8 Å². The summed E-state index contributed by atoms with van der Waals surface area (Å²) >= 11 is 0. The highest BCUT2D eigenvalue weighted by atomic mass is 16.6. The second-order valence-electron chi connectivity index (χ2n) is 7.62. The molecule has 7 nitrogen and oxygen atoms in total. The first-order chi connectivity index (χ1) is 16.0. The number of carbonyl (C=O) groups is 1. The molecule has 0 unspecified atom stereocenters. The first kappa shape index (κ1) is 21.8. The Bertz CT molecular complexity index is 1250. The number of nitro benzene ring substituents is 1. The Morgan fingerprint density at radius 3 is 2.45 bits per heavy atom. The van der Waals surface area contributed by atoms with Gasteiger partial charge in [0.25, 0.3) is 11.6 Å². The first-order valence-corrected chi connectivity index (χ1v) is 10.5. The summed E-state index contributed by atoms with van der Waals surface area (Å²) < 4.78 is 7.72. The van der Waals surface area contributed by atoms with Crippen molar-refractivity contribution in [3.05, 3.63) is 124 Å². The third-order valence-electron chi connectivity index (χ3n) is 5.26. The Hall–Kier alpha value is -4.39. The number of nitrogens with zero attached hydrogens (tertiary/aromatic N) is 2. The SMILES string of the molecule is C[C@H](NC(=O)c1cccc(COc2ccc([N+](=O)[O-])cc2)c1)c1cccc(-n2cccc2)c1. The first-order valence-electron chi connectivity index (χ1n) is 10.5. The summed E-state index contributed by atoms with van der Waals surface area (Å²) in [7, 11) is 0. The molecule has 1 aromatic heterocycles. The molecule has 7 heteroatoms. The van der Waals surface area contributed by atoms with Gasteiger partial charge in [0.1, 0.15) is 12.4 Å². The molecule has 0 saturated carbocycles. The van der Waals surface area contributed by atoms with Crippen molar-refractivity contribution in [3.63, 3.8) is 0 Å². The van der Waals surface area contributed by atoms with Crippen molar-refractivity contribution >= 4 is 11.6 Å². The van der Waals surface area contributed by atoms with E-state index in [0.717, 1.165) is 16.8 Å². The monoisotopic (exact) mass is 441 g/mol. The lowest BCUT2D eigenvalue weighted by Crippen LogP contribution is -2.26. The summed E-state index contributed by atoms with van der Waals surface area (Å²) in [5.74, 6) is 0.345. The van der Waals surface area contributed by atoms with Crippen LogP contribution in [0.1, 0.15) is 34.5 Å². The van der Waals surface area contributed by atoms with E-state index in [2.05, 4.69) is 11.4 Å². The van der Waals surface area contributed by atoms with Crippen LogP contribution in [0.3, 0.4) is 0 Å². The standard InChI is InChI=1S/C26H23N3O4/c1-19(21-7-5-9-24(17-21)28-14-2-3-15-28)27-26(30)22-8-4-6-20(16-22)18-33-25-12-10-23(11-13-25)29(31)32/h2-17,19H,18H2,1H3,(H,27,30)/t19-/m0/s1. The molecule has 0 aliphatic rings. The van der Waals surface area contributed by atoms with Crippen LogP contribution in [-0.4, -0.2) is 15.4 Å². The molecule has 1 heterocycles. The molecule has 0 saturated heterocycles. The maximum Gasteiger partial charge on any atom is 0.269 e. The van der Waals surface area contributed by atoms with E-state index in [0.29, 0.717) is 11.3 Å². The zero-order valence-corrected chi connectivity index (χ0v) is 18.0. The fourth-order valence-corrected chi connectivity index (χ4v) is 3.46. The smallest absolute Gasteiger partial charge is 0.269 e. The van der Waals surface area contributed by atoms with Crippen LogP contribution in [-0.2, 0) is 6.61 Å². The Kier molecular flexibility index (Phi) is 6.50. The zero-order chi connectivity index (χ0) is 23.2. The van der Waals surface area contributed by atoms with E-state index in [1.165, 1.54) is 12.1 Å². The van der Waals surface area contributed by atoms with Gasteiger partial charge in [-0.25, -0.2) is 0 Å². The van der Waals surface area contributed by atoms with Crippen molar-refractivity contribution in [3.8, 4) is 11.4 Å². The van der Waals surface area contributed by atoms with Crippen LogP contribution < -0.4 is 10.1 Å². The van der Waals surface area contributed by atoms with Crippen LogP contribution in [0.25, 0.3) is 5.69 Å². The minimum absolute atomic E-state index is 0.00837. The predicted octanol–water partition coefficient (Wildman–Crippen LogP) is 5.46. The second kappa shape index (κ2) is 9.82. The molecule has 0 radical (unpaired) electrons. The van der Waals surface area contributed by atoms with Crippen molar-refractivity contribution < 1.29 is 14.5 Å². The van der Waals surface area contributed by atoms with E-state index in [9.17, 15) is 14.9 Å². The number of nitro groups is 1. The Morgan fingerprint density at radius 2 is 1.73 bits per heavy atom. The molecular formula is C26H23N3O4. The average Bonchev–Trinajstić information content (AvgIpc) is 3.38. The number of aromatic nitrogens is 1. The number of hydrogen-bond acceptors (Lipinski definition) is 4. The van der Waals surface area contributed by atoms with E-state index in [4.69, 9.17) is 4.74 Å². The third-order valence-corrected chi connectivity index (χ3v) is 5.26. The molecule has 3 aromatic carbocycles. The highest BCUT2D eigenvalue weighted by Gasteiger charge is 2.13. The van der Waals surface area contributed by atoms with Gasteiger partial charge in [-0.3, -0.25) is 14.9 Å². The van der Waals surface area contributed by atoms with E-state index >= 15 is 0 Å². The second-order valence-corrected chi connectivity index (χ2v) is 7.62. The summed E-state index contributed by atoms with van der Waals surface area (Å²) in [5.41, 5.74) is 3.40. The number of carbonyl (C=O) groups excluding carboxylic acids is 1. The summed E-state index contributed by atoms with van der Waals surface area (Å²) in [4.78, 5) is 23.2. The number of ether oxygens (including phenoxy) is 1. The minimum Gasteiger partial charge on any atom is -0.489 e. The largest absolute Gasteiger partial charge is 0.489 e. The average molecular weight is 441 g/mol. The number of hydrogen-bond donors (Lipinski definition) is 1. The van der Waals surface area contributed by atoms with Crippen molar-refractivity contribution in [1.29, 1.82) is 0 Å². The summed E-state index contributed by atoms with van der Waals surface area (Å²) in [6.45, 7) is 2.20. The molecule has 0 aliphatic carbocycles. The highest BCUT2D eigenvalue weighted by Crippen LogP contribution is 2.20. The Labute approximate surface area is 191 Å². The highest BCUT2D eigenvalue weighted by molar-refractivity contribution is 5.94. The number of benzene rings is 3. The molecule has 1 atom stereocenters. The van der Waals surface area contributed by atoms with E-state index in [1.807, 2.05) is 60.3 Å². The minimum atomic E-state index is -0.455. The molecule has 33 heavy (non-hydrogen) atoms. The van der Waals surface area contributed by atoms with Gasteiger partial charge in [-0.05, 0) is 66.6 Å². The van der Waals surface area contributed by atoms with Gasteiger partial charge in [0.2, 0.25) is 0 Å². The molecule has 0 spiro atoms. The Morgan fingerprint density at radius 1 is 1.00 bits per heavy atom. The summed E-state index contributed by atoms with van der Waals surface area (Å²) in [5, 5.41) is 13.8. The molecular weight excluding hydrogens is 418 g/mol. The van der Waals surface area contributed by atoms with E-state index in [-0.39, 0.29) is 24.2 Å². The van der Waals surface area contributed by atoms with Crippen LogP contribution in [0.4, 0.5) is 5.69 Å². The van der Waals surface area contributed by atoms with Crippen LogP contribution in [0.2, 0.25) is 0 Å². The van der Waals surface area contributed by atoms with E-state index < -0.39 is 4.92 Å². The van der Waals surface area contributed by atoms with Gasteiger partial charge < -0.3 is 14.6 Å². The number of non-ortho nitro benzene ring substituents is 1. The quantitative estimate of drug-likeness (QED) is 0.291. The topological polar surface area (TPSA) is 86.4 Å². The van der Waals surface area contributed by atoms with Crippen molar-refractivity contribution in [1.82, 2.24) is 9.88 Å². The molecule has 1 amide bonds. The van der Waals surface area contributed by atoms with Crippen LogP contribution in [0.15, 0.2) is 97.3 Å². The normalized spacial score (nSPS) is 11.5. The fraction of sp³-hybridized carbons (Fsp3) is 0.115.